The number of anilines is 1. The Morgan fingerprint density at radius 1 is 1.22 bits per heavy atom. The molecule has 1 heterocycles. The van der Waals surface area contributed by atoms with Gasteiger partial charge in [0.1, 0.15) is 0 Å². The Hall–Kier alpha value is -2.58. The number of carbonyl (C=O) groups is 2. The summed E-state index contributed by atoms with van der Waals surface area (Å²) in [4.78, 5) is 25.1. The second kappa shape index (κ2) is 8.41. The lowest BCUT2D eigenvalue weighted by molar-refractivity contribution is 0.102. The fraction of sp³-hybridized carbons (Fsp3) is 0.105. The third kappa shape index (κ3) is 4.58. The lowest BCUT2D eigenvalue weighted by Crippen LogP contribution is -2.20. The molecule has 0 aliphatic heterocycles. The number of rotatable bonds is 5. The van der Waals surface area contributed by atoms with E-state index in [0.29, 0.717) is 20.5 Å². The van der Waals surface area contributed by atoms with Crippen LogP contribution in [0.1, 0.15) is 21.5 Å². The quantitative estimate of drug-likeness (QED) is 0.538. The van der Waals surface area contributed by atoms with Gasteiger partial charge in [-0.05, 0) is 46.6 Å². The van der Waals surface area contributed by atoms with E-state index in [1.165, 1.54) is 11.8 Å². The molecule has 138 valence electrons. The van der Waals surface area contributed by atoms with Crippen molar-refractivity contribution >= 4 is 45.5 Å². The predicted molar refractivity (Wildman–Crippen MR) is 108 cm³/mol. The number of hydrogen-bond donors (Lipinski definition) is 2. The molecule has 8 heteroatoms. The summed E-state index contributed by atoms with van der Waals surface area (Å²) in [5, 5.41) is 15.5. The lowest BCUT2D eigenvalue weighted by atomic mass is 10.1. The van der Waals surface area contributed by atoms with Gasteiger partial charge in [0, 0.05) is 16.2 Å². The van der Waals surface area contributed by atoms with Gasteiger partial charge >= 0.3 is 6.09 Å². The van der Waals surface area contributed by atoms with E-state index in [1.807, 2.05) is 37.3 Å². The number of amides is 1. The molecular weight excluding hydrogens is 430 g/mol. The van der Waals surface area contributed by atoms with Crippen LogP contribution in [0.3, 0.4) is 0 Å². The summed E-state index contributed by atoms with van der Waals surface area (Å²) in [6.45, 7) is 2.04. The molecule has 0 bridgehead atoms. The van der Waals surface area contributed by atoms with E-state index < -0.39 is 6.09 Å². The molecule has 3 aromatic rings. The SMILES string of the molecule is Cc1cccc(SCc2ccccc2C(=O)Nc2c(Br)cnn2C(=O)O)c1. The third-order valence-corrected chi connectivity index (χ3v) is 5.41. The molecule has 0 radical (unpaired) electrons. The van der Waals surface area contributed by atoms with Crippen molar-refractivity contribution < 1.29 is 14.7 Å². The van der Waals surface area contributed by atoms with E-state index in [0.717, 1.165) is 10.5 Å². The molecule has 0 atom stereocenters. The van der Waals surface area contributed by atoms with Crippen LogP contribution in [0.4, 0.5) is 10.6 Å². The highest BCUT2D eigenvalue weighted by molar-refractivity contribution is 9.10. The minimum atomic E-state index is -1.28. The first-order valence-electron chi connectivity index (χ1n) is 8.01. The van der Waals surface area contributed by atoms with Gasteiger partial charge in [-0.25, -0.2) is 4.79 Å². The van der Waals surface area contributed by atoms with Crippen molar-refractivity contribution in [3.63, 3.8) is 0 Å². The van der Waals surface area contributed by atoms with Gasteiger partial charge in [-0.3, -0.25) is 4.79 Å². The van der Waals surface area contributed by atoms with Gasteiger partial charge in [0.2, 0.25) is 0 Å². The maximum absolute atomic E-state index is 12.8. The number of benzene rings is 2. The number of nitrogens with one attached hydrogen (secondary N) is 1. The molecule has 0 fully saturated rings. The first-order chi connectivity index (χ1) is 13.0. The summed E-state index contributed by atoms with van der Waals surface area (Å²) >= 11 is 4.85. The summed E-state index contributed by atoms with van der Waals surface area (Å²) < 4.78 is 1.11. The van der Waals surface area contributed by atoms with Crippen molar-refractivity contribution in [2.45, 2.75) is 17.6 Å². The van der Waals surface area contributed by atoms with Crippen molar-refractivity contribution in [2.75, 3.05) is 5.32 Å². The van der Waals surface area contributed by atoms with E-state index in [-0.39, 0.29) is 11.7 Å². The number of thioether (sulfide) groups is 1. The highest BCUT2D eigenvalue weighted by Gasteiger charge is 2.19. The van der Waals surface area contributed by atoms with Crippen molar-refractivity contribution in [1.82, 2.24) is 9.78 Å². The lowest BCUT2D eigenvalue weighted by Gasteiger charge is -2.11. The maximum atomic E-state index is 12.8. The fourth-order valence-electron chi connectivity index (χ4n) is 2.49. The summed E-state index contributed by atoms with van der Waals surface area (Å²) in [6, 6.07) is 15.4. The monoisotopic (exact) mass is 445 g/mol. The van der Waals surface area contributed by atoms with Crippen LogP contribution in [0.25, 0.3) is 0 Å². The molecule has 0 spiro atoms. The van der Waals surface area contributed by atoms with Crippen LogP contribution in [-0.2, 0) is 5.75 Å². The van der Waals surface area contributed by atoms with Crippen LogP contribution in [0.5, 0.6) is 0 Å². The van der Waals surface area contributed by atoms with Crippen molar-refractivity contribution in [2.24, 2.45) is 0 Å². The smallest absolute Gasteiger partial charge is 0.434 e. The maximum Gasteiger partial charge on any atom is 0.434 e. The Kier molecular flexibility index (Phi) is 5.98. The topological polar surface area (TPSA) is 84.2 Å². The summed E-state index contributed by atoms with van der Waals surface area (Å²) in [5.41, 5.74) is 2.53. The molecule has 2 aromatic carbocycles. The van der Waals surface area contributed by atoms with Gasteiger partial charge in [-0.15, -0.1) is 16.4 Å². The molecule has 6 nitrogen and oxygen atoms in total. The molecule has 0 unspecified atom stereocenters. The first-order valence-corrected chi connectivity index (χ1v) is 9.79. The molecular formula is C19H16BrN3O3S. The standard InChI is InChI=1S/C19H16BrN3O3S/c1-12-5-4-7-14(9-12)27-11-13-6-2-3-8-15(13)18(24)22-17-16(20)10-21-23(17)19(25)26/h2-10H,11H2,1H3,(H,22,24)(H,25,26). The molecule has 27 heavy (non-hydrogen) atoms. The van der Waals surface area contributed by atoms with E-state index >= 15 is 0 Å². The van der Waals surface area contributed by atoms with Gasteiger partial charge in [0.05, 0.1) is 10.7 Å². The van der Waals surface area contributed by atoms with Crippen LogP contribution in [-0.4, -0.2) is 26.9 Å². The number of carbonyl (C=O) groups excluding carboxylic acids is 1. The zero-order valence-corrected chi connectivity index (χ0v) is 16.8. The zero-order valence-electron chi connectivity index (χ0n) is 14.3. The number of aromatic nitrogens is 2. The van der Waals surface area contributed by atoms with Gasteiger partial charge in [0.15, 0.2) is 5.82 Å². The number of carboxylic acid groups (broad SMARTS) is 1. The predicted octanol–water partition coefficient (Wildman–Crippen LogP) is 5.02. The molecule has 0 aliphatic rings. The largest absolute Gasteiger partial charge is 0.463 e. The van der Waals surface area contributed by atoms with Crippen molar-refractivity contribution in [3.05, 3.63) is 75.9 Å². The Labute approximate surface area is 168 Å². The normalized spacial score (nSPS) is 10.6. The van der Waals surface area contributed by atoms with Gasteiger partial charge in [-0.1, -0.05) is 35.9 Å². The summed E-state index contributed by atoms with van der Waals surface area (Å²) in [6.07, 6.45) is 0.0442. The van der Waals surface area contributed by atoms with Crippen molar-refractivity contribution in [1.29, 1.82) is 0 Å². The van der Waals surface area contributed by atoms with Crippen LogP contribution < -0.4 is 5.32 Å². The third-order valence-electron chi connectivity index (χ3n) is 3.78. The van der Waals surface area contributed by atoms with Crippen molar-refractivity contribution in [3.8, 4) is 0 Å². The number of nitrogens with zero attached hydrogens (tertiary/aromatic N) is 2. The van der Waals surface area contributed by atoms with Crippen LogP contribution in [0.15, 0.2) is 64.1 Å². The number of hydrogen-bond acceptors (Lipinski definition) is 4. The first kappa shape index (κ1) is 19.2. The number of aryl methyl sites for hydroxylation is 1. The second-order valence-electron chi connectivity index (χ2n) is 5.75. The summed E-state index contributed by atoms with van der Waals surface area (Å²) in [5.74, 6) is 0.305. The molecule has 1 aromatic heterocycles. The average Bonchev–Trinajstić information content (AvgIpc) is 3.01. The Balaban J connectivity index is 1.80. The van der Waals surface area contributed by atoms with E-state index in [2.05, 4.69) is 32.4 Å². The molecule has 0 saturated carbocycles. The zero-order chi connectivity index (χ0) is 19.4. The summed E-state index contributed by atoms with van der Waals surface area (Å²) in [7, 11) is 0. The Bertz CT molecular complexity index is 1000. The van der Waals surface area contributed by atoms with Crippen LogP contribution in [0, 0.1) is 6.92 Å². The molecule has 2 N–H and O–H groups in total. The van der Waals surface area contributed by atoms with Gasteiger partial charge in [-0.2, -0.15) is 5.10 Å². The van der Waals surface area contributed by atoms with E-state index in [9.17, 15) is 14.7 Å². The Morgan fingerprint density at radius 3 is 2.74 bits per heavy atom. The highest BCUT2D eigenvalue weighted by Crippen LogP contribution is 2.27. The molecule has 1 amide bonds. The molecule has 0 saturated heterocycles. The number of halogens is 1. The van der Waals surface area contributed by atoms with Crippen LogP contribution >= 0.6 is 27.7 Å². The van der Waals surface area contributed by atoms with Gasteiger partial charge in [0.25, 0.3) is 5.91 Å². The minimum absolute atomic E-state index is 0.0774. The molecule has 3 rings (SSSR count). The second-order valence-corrected chi connectivity index (χ2v) is 7.66. The van der Waals surface area contributed by atoms with E-state index in [1.54, 1.807) is 23.9 Å². The average molecular weight is 446 g/mol. The highest BCUT2D eigenvalue weighted by atomic mass is 79.9. The fourth-order valence-corrected chi connectivity index (χ4v) is 3.87. The van der Waals surface area contributed by atoms with Crippen LogP contribution in [0.2, 0.25) is 0 Å². The minimum Gasteiger partial charge on any atom is -0.463 e. The molecule has 0 aliphatic carbocycles. The Morgan fingerprint density at radius 2 is 2.00 bits per heavy atom. The van der Waals surface area contributed by atoms with Gasteiger partial charge < -0.3 is 10.4 Å². The van der Waals surface area contributed by atoms with E-state index in [4.69, 9.17) is 0 Å².